The molecule has 2 nitrogen and oxygen atoms in total. The first-order chi connectivity index (χ1) is 9.60. The van der Waals surface area contributed by atoms with Gasteiger partial charge in [-0.25, -0.2) is 13.2 Å². The maximum Gasteiger partial charge on any atom is 0.182 e. The maximum absolute atomic E-state index is 14.1. The second-order valence-corrected chi connectivity index (χ2v) is 5.82. The summed E-state index contributed by atoms with van der Waals surface area (Å²) in [4.78, 5) is 1.92. The molecule has 5 heteroatoms. The van der Waals surface area contributed by atoms with E-state index in [9.17, 15) is 13.2 Å². The Morgan fingerprint density at radius 2 is 1.75 bits per heavy atom. The first kappa shape index (κ1) is 13.7. The highest BCUT2D eigenvalue weighted by molar-refractivity contribution is 5.51. The SMILES string of the molecule is CNC1CC2CCCC(C1)N2c1cc(F)cc(F)c1F. The number of anilines is 1. The molecule has 0 amide bonds. The first-order valence-corrected chi connectivity index (χ1v) is 7.20. The highest BCUT2D eigenvalue weighted by Crippen LogP contribution is 2.39. The lowest BCUT2D eigenvalue weighted by atomic mass is 9.81. The smallest absolute Gasteiger partial charge is 0.182 e. The summed E-state index contributed by atoms with van der Waals surface area (Å²) in [5.41, 5.74) is 0.0896. The van der Waals surface area contributed by atoms with Crippen LogP contribution in [-0.4, -0.2) is 25.2 Å². The Bertz CT molecular complexity index is 492. The molecule has 1 aromatic carbocycles. The summed E-state index contributed by atoms with van der Waals surface area (Å²) < 4.78 is 40.9. The Hall–Kier alpha value is -1.23. The van der Waals surface area contributed by atoms with E-state index in [0.717, 1.165) is 38.2 Å². The van der Waals surface area contributed by atoms with Crippen LogP contribution in [-0.2, 0) is 0 Å². The summed E-state index contributed by atoms with van der Waals surface area (Å²) in [7, 11) is 1.93. The molecule has 2 saturated heterocycles. The van der Waals surface area contributed by atoms with Gasteiger partial charge in [-0.1, -0.05) is 0 Å². The number of nitrogens with one attached hydrogen (secondary N) is 1. The third-order valence-electron chi connectivity index (χ3n) is 4.63. The highest BCUT2D eigenvalue weighted by Gasteiger charge is 2.39. The zero-order chi connectivity index (χ0) is 14.3. The van der Waals surface area contributed by atoms with Crippen LogP contribution < -0.4 is 10.2 Å². The van der Waals surface area contributed by atoms with Gasteiger partial charge >= 0.3 is 0 Å². The van der Waals surface area contributed by atoms with Gasteiger partial charge in [-0.2, -0.15) is 0 Å². The van der Waals surface area contributed by atoms with Crippen LogP contribution in [0.1, 0.15) is 32.1 Å². The molecule has 0 aliphatic carbocycles. The Morgan fingerprint density at radius 1 is 1.10 bits per heavy atom. The molecule has 0 saturated carbocycles. The van der Waals surface area contributed by atoms with Crippen molar-refractivity contribution in [2.75, 3.05) is 11.9 Å². The third-order valence-corrected chi connectivity index (χ3v) is 4.63. The zero-order valence-corrected chi connectivity index (χ0v) is 11.5. The Labute approximate surface area is 117 Å². The van der Waals surface area contributed by atoms with Crippen LogP contribution in [0.5, 0.6) is 0 Å². The molecule has 1 aromatic rings. The molecule has 2 heterocycles. The van der Waals surface area contributed by atoms with Gasteiger partial charge < -0.3 is 10.2 Å². The van der Waals surface area contributed by atoms with Crippen molar-refractivity contribution in [3.63, 3.8) is 0 Å². The van der Waals surface area contributed by atoms with Crippen LogP contribution >= 0.6 is 0 Å². The van der Waals surface area contributed by atoms with Gasteiger partial charge in [-0.05, 0) is 39.2 Å². The van der Waals surface area contributed by atoms with Crippen LogP contribution in [0.3, 0.4) is 0 Å². The van der Waals surface area contributed by atoms with Crippen molar-refractivity contribution >= 4 is 5.69 Å². The van der Waals surface area contributed by atoms with Crippen molar-refractivity contribution in [2.45, 2.75) is 50.2 Å². The molecule has 0 spiro atoms. The minimum atomic E-state index is -1.10. The molecule has 2 aliphatic heterocycles. The van der Waals surface area contributed by atoms with Crippen LogP contribution in [0.15, 0.2) is 12.1 Å². The van der Waals surface area contributed by atoms with Crippen LogP contribution in [0.25, 0.3) is 0 Å². The molecule has 2 bridgehead atoms. The summed E-state index contributed by atoms with van der Waals surface area (Å²) in [5, 5.41) is 3.27. The topological polar surface area (TPSA) is 15.3 Å². The first-order valence-electron chi connectivity index (χ1n) is 7.20. The van der Waals surface area contributed by atoms with Crippen molar-refractivity contribution in [3.8, 4) is 0 Å². The molecular weight excluding hydrogens is 265 g/mol. The van der Waals surface area contributed by atoms with Gasteiger partial charge in [-0.3, -0.25) is 0 Å². The molecule has 2 aliphatic rings. The lowest BCUT2D eigenvalue weighted by molar-refractivity contribution is 0.250. The van der Waals surface area contributed by atoms with Crippen molar-refractivity contribution in [1.82, 2.24) is 5.32 Å². The molecule has 2 atom stereocenters. The number of benzene rings is 1. The van der Waals surface area contributed by atoms with E-state index in [1.165, 1.54) is 0 Å². The molecule has 0 radical (unpaired) electrons. The fraction of sp³-hybridized carbons (Fsp3) is 0.600. The number of rotatable bonds is 2. The van der Waals surface area contributed by atoms with E-state index in [-0.39, 0.29) is 17.8 Å². The quantitative estimate of drug-likeness (QED) is 0.839. The molecule has 2 unspecified atom stereocenters. The van der Waals surface area contributed by atoms with Gasteiger partial charge in [0, 0.05) is 30.3 Å². The largest absolute Gasteiger partial charge is 0.363 e. The summed E-state index contributed by atoms with van der Waals surface area (Å²) in [6.45, 7) is 0. The van der Waals surface area contributed by atoms with Crippen LogP contribution in [0, 0.1) is 17.5 Å². The summed E-state index contributed by atoms with van der Waals surface area (Å²) in [6, 6.07) is 2.47. The number of halogens is 3. The van der Waals surface area contributed by atoms with Crippen LogP contribution in [0.4, 0.5) is 18.9 Å². The van der Waals surface area contributed by atoms with Crippen molar-refractivity contribution in [1.29, 1.82) is 0 Å². The van der Waals surface area contributed by atoms with Gasteiger partial charge in [0.25, 0.3) is 0 Å². The summed E-state index contributed by atoms with van der Waals surface area (Å²) in [6.07, 6.45) is 4.79. The monoisotopic (exact) mass is 284 g/mol. The van der Waals surface area contributed by atoms with E-state index >= 15 is 0 Å². The maximum atomic E-state index is 14.1. The van der Waals surface area contributed by atoms with Gasteiger partial charge in [0.15, 0.2) is 11.6 Å². The van der Waals surface area contributed by atoms with Crippen molar-refractivity contribution < 1.29 is 13.2 Å². The summed E-state index contributed by atoms with van der Waals surface area (Å²) in [5.74, 6) is -2.74. The van der Waals surface area contributed by atoms with Crippen molar-refractivity contribution in [3.05, 3.63) is 29.6 Å². The van der Waals surface area contributed by atoms with Gasteiger partial charge in [0.2, 0.25) is 0 Å². The van der Waals surface area contributed by atoms with Crippen LogP contribution in [0.2, 0.25) is 0 Å². The molecule has 110 valence electrons. The Kier molecular flexibility index (Phi) is 3.63. The zero-order valence-electron chi connectivity index (χ0n) is 11.5. The van der Waals surface area contributed by atoms with Gasteiger partial charge in [-0.15, -0.1) is 0 Å². The number of piperidine rings is 2. The predicted octanol–water partition coefficient (Wildman–Crippen LogP) is 3.21. The average molecular weight is 284 g/mol. The van der Waals surface area contributed by atoms with Gasteiger partial charge in [0.05, 0.1) is 5.69 Å². The van der Waals surface area contributed by atoms with E-state index < -0.39 is 17.5 Å². The highest BCUT2D eigenvalue weighted by atomic mass is 19.2. The minimum Gasteiger partial charge on any atom is -0.363 e. The second-order valence-electron chi connectivity index (χ2n) is 5.82. The Morgan fingerprint density at radius 3 is 2.35 bits per heavy atom. The van der Waals surface area contributed by atoms with E-state index in [0.29, 0.717) is 12.1 Å². The number of nitrogens with zero attached hydrogens (tertiary/aromatic N) is 1. The average Bonchev–Trinajstić information content (AvgIpc) is 2.41. The third kappa shape index (κ3) is 2.28. The lowest BCUT2D eigenvalue weighted by Gasteiger charge is -2.50. The van der Waals surface area contributed by atoms with E-state index in [1.54, 1.807) is 0 Å². The second kappa shape index (κ2) is 5.28. The molecule has 0 aromatic heterocycles. The molecular formula is C15H19F3N2. The lowest BCUT2D eigenvalue weighted by Crippen LogP contribution is -2.56. The number of hydrogen-bond donors (Lipinski definition) is 1. The Balaban J connectivity index is 1.97. The number of hydrogen-bond acceptors (Lipinski definition) is 2. The normalized spacial score (nSPS) is 29.6. The number of fused-ring (bicyclic) bond motifs is 2. The van der Waals surface area contributed by atoms with E-state index in [2.05, 4.69) is 5.32 Å². The van der Waals surface area contributed by atoms with E-state index in [4.69, 9.17) is 0 Å². The molecule has 1 N–H and O–H groups in total. The molecule has 20 heavy (non-hydrogen) atoms. The van der Waals surface area contributed by atoms with Gasteiger partial charge in [0.1, 0.15) is 5.82 Å². The predicted molar refractivity (Wildman–Crippen MR) is 72.3 cm³/mol. The standard InChI is InChI=1S/C15H19F3N2/c1-19-10-7-11-3-2-4-12(8-10)20(11)14-6-9(16)5-13(17)15(14)18/h5-6,10-12,19H,2-4,7-8H2,1H3. The molecule has 2 fully saturated rings. The summed E-state index contributed by atoms with van der Waals surface area (Å²) >= 11 is 0. The fourth-order valence-corrected chi connectivity index (χ4v) is 3.74. The molecule has 3 rings (SSSR count). The van der Waals surface area contributed by atoms with E-state index in [1.807, 2.05) is 11.9 Å². The van der Waals surface area contributed by atoms with Crippen molar-refractivity contribution in [2.24, 2.45) is 0 Å². The minimum absolute atomic E-state index is 0.0896. The fourth-order valence-electron chi connectivity index (χ4n) is 3.74.